The van der Waals surface area contributed by atoms with Gasteiger partial charge in [-0.3, -0.25) is 0 Å². The van der Waals surface area contributed by atoms with Crippen molar-refractivity contribution in [1.82, 2.24) is 0 Å². The second-order valence-corrected chi connectivity index (χ2v) is 9.65. The Labute approximate surface area is 197 Å². The highest BCUT2D eigenvalue weighted by atomic mass is 32.1. The van der Waals surface area contributed by atoms with Crippen LogP contribution in [0.3, 0.4) is 0 Å². The monoisotopic (exact) mass is 437 g/mol. The van der Waals surface area contributed by atoms with Crippen LogP contribution in [0.2, 0.25) is 0 Å². The summed E-state index contributed by atoms with van der Waals surface area (Å²) in [4.78, 5) is 2.52. The molecule has 3 heteroatoms. The van der Waals surface area contributed by atoms with E-state index in [4.69, 9.17) is 0 Å². The molecule has 33 heavy (non-hydrogen) atoms. The molecule has 0 N–H and O–H groups in total. The summed E-state index contributed by atoms with van der Waals surface area (Å²) >= 11 is 1.88. The molecule has 0 saturated carbocycles. The molecule has 1 aliphatic rings. The number of benzene rings is 5. The zero-order chi connectivity index (χ0) is 21.8. The van der Waals surface area contributed by atoms with Gasteiger partial charge in [0.1, 0.15) is 0 Å². The maximum atomic E-state index is 2.52. The van der Waals surface area contributed by atoms with Gasteiger partial charge in [0.15, 0.2) is 0 Å². The Kier molecular flexibility index (Phi) is 4.18. The topological polar surface area (TPSA) is 3.24 Å². The lowest BCUT2D eigenvalue weighted by Gasteiger charge is -2.39. The highest BCUT2D eigenvalue weighted by Crippen LogP contribution is 2.45. The van der Waals surface area contributed by atoms with Gasteiger partial charge in [-0.1, -0.05) is 96.5 Å². The van der Waals surface area contributed by atoms with Gasteiger partial charge >= 0.3 is 6.85 Å². The summed E-state index contributed by atoms with van der Waals surface area (Å²) in [5.41, 5.74) is 7.76. The van der Waals surface area contributed by atoms with Crippen molar-refractivity contribution in [1.29, 1.82) is 0 Å². The highest BCUT2D eigenvalue weighted by molar-refractivity contribution is 7.25. The molecule has 0 saturated heterocycles. The van der Waals surface area contributed by atoms with Crippen molar-refractivity contribution in [3.05, 3.63) is 121 Å². The first kappa shape index (κ1) is 18.7. The van der Waals surface area contributed by atoms with Gasteiger partial charge in [0.2, 0.25) is 0 Å². The third kappa shape index (κ3) is 2.86. The molecule has 2 heterocycles. The molecule has 0 aliphatic carbocycles. The van der Waals surface area contributed by atoms with Gasteiger partial charge in [-0.05, 0) is 41.4 Å². The highest BCUT2D eigenvalue weighted by Gasteiger charge is 2.37. The van der Waals surface area contributed by atoms with Crippen molar-refractivity contribution in [2.45, 2.75) is 0 Å². The fraction of sp³-hybridized carbons (Fsp3) is 0. The largest absolute Gasteiger partial charge is 0.376 e. The summed E-state index contributed by atoms with van der Waals surface area (Å²) in [5.74, 6) is 0. The Morgan fingerprint density at radius 2 is 1.24 bits per heavy atom. The lowest BCUT2D eigenvalue weighted by Crippen LogP contribution is -2.57. The van der Waals surface area contributed by atoms with E-state index in [2.05, 4.69) is 126 Å². The van der Waals surface area contributed by atoms with Crippen molar-refractivity contribution in [2.24, 2.45) is 0 Å². The lowest BCUT2D eigenvalue weighted by molar-refractivity contribution is 1.37. The van der Waals surface area contributed by atoms with Crippen LogP contribution < -0.4 is 15.7 Å². The first-order valence-corrected chi connectivity index (χ1v) is 12.1. The van der Waals surface area contributed by atoms with Crippen LogP contribution in [0.25, 0.3) is 31.3 Å². The van der Waals surface area contributed by atoms with Gasteiger partial charge in [0.25, 0.3) is 0 Å². The molecule has 0 radical (unpaired) electrons. The van der Waals surface area contributed by atoms with E-state index in [1.54, 1.807) is 0 Å². The molecule has 0 spiro atoms. The lowest BCUT2D eigenvalue weighted by atomic mass is 9.46. The molecule has 0 amide bonds. The Bertz CT molecular complexity index is 1620. The van der Waals surface area contributed by atoms with Crippen LogP contribution in [-0.4, -0.2) is 6.85 Å². The number of hydrogen-bond donors (Lipinski definition) is 0. The smallest absolute Gasteiger partial charge is 0.328 e. The van der Waals surface area contributed by atoms with E-state index in [0.29, 0.717) is 0 Å². The van der Waals surface area contributed by atoms with Crippen LogP contribution in [0.15, 0.2) is 121 Å². The number of para-hydroxylation sites is 1. The van der Waals surface area contributed by atoms with E-state index in [9.17, 15) is 0 Å². The predicted octanol–water partition coefficient (Wildman–Crippen LogP) is 6.98. The molecule has 1 aromatic heterocycles. The van der Waals surface area contributed by atoms with Crippen LogP contribution >= 0.6 is 11.3 Å². The van der Waals surface area contributed by atoms with Crippen molar-refractivity contribution in [3.63, 3.8) is 0 Å². The molecule has 0 fully saturated rings. The molecular formula is C30H20BNS. The fourth-order valence-corrected chi connectivity index (χ4v) is 6.40. The average molecular weight is 437 g/mol. The van der Waals surface area contributed by atoms with E-state index >= 15 is 0 Å². The zero-order valence-electron chi connectivity index (χ0n) is 18.0. The fourth-order valence-electron chi connectivity index (χ4n) is 5.28. The quantitative estimate of drug-likeness (QED) is 0.264. The minimum atomic E-state index is 0.115. The van der Waals surface area contributed by atoms with Gasteiger partial charge in [-0.2, -0.15) is 0 Å². The maximum Gasteiger partial charge on any atom is 0.328 e. The molecule has 6 aromatic rings. The minimum absolute atomic E-state index is 0.115. The Hall–Kier alpha value is -3.82. The normalized spacial score (nSPS) is 12.7. The first-order valence-electron chi connectivity index (χ1n) is 11.3. The van der Waals surface area contributed by atoms with Gasteiger partial charge in [0, 0.05) is 37.1 Å². The molecule has 0 bridgehead atoms. The summed E-state index contributed by atoms with van der Waals surface area (Å²) in [6.07, 6.45) is 0. The van der Waals surface area contributed by atoms with Crippen molar-refractivity contribution in [2.75, 3.05) is 4.81 Å². The van der Waals surface area contributed by atoms with Crippen LogP contribution in [0.4, 0.5) is 11.4 Å². The van der Waals surface area contributed by atoms with E-state index in [0.717, 1.165) is 0 Å². The number of anilines is 2. The third-order valence-corrected chi connectivity index (χ3v) is 7.84. The molecule has 7 rings (SSSR count). The van der Waals surface area contributed by atoms with Crippen molar-refractivity contribution >= 4 is 60.7 Å². The summed E-state index contributed by atoms with van der Waals surface area (Å²) in [7, 11) is 0. The SMILES string of the molecule is c1ccc(B2c3ccccc3-c3cc4c(cc3N2c2ccccc2)sc2ccccc24)cc1. The molecule has 1 nitrogen and oxygen atoms in total. The molecule has 0 atom stereocenters. The third-order valence-electron chi connectivity index (χ3n) is 6.71. The number of nitrogens with zero attached hydrogens (tertiary/aromatic N) is 1. The number of thiophene rings is 1. The number of rotatable bonds is 2. The van der Waals surface area contributed by atoms with E-state index in [1.807, 2.05) is 11.3 Å². The Morgan fingerprint density at radius 3 is 2.09 bits per heavy atom. The molecular weight excluding hydrogens is 417 g/mol. The van der Waals surface area contributed by atoms with Crippen LogP contribution in [0.1, 0.15) is 0 Å². The summed E-state index contributed by atoms with van der Waals surface area (Å²) in [6.45, 7) is 0.115. The van der Waals surface area contributed by atoms with Crippen LogP contribution in [0, 0.1) is 0 Å². The second kappa shape index (κ2) is 7.36. The molecule has 154 valence electrons. The number of hydrogen-bond acceptors (Lipinski definition) is 2. The summed E-state index contributed by atoms with van der Waals surface area (Å²) in [5, 5.41) is 2.68. The Balaban J connectivity index is 1.60. The van der Waals surface area contributed by atoms with Crippen molar-refractivity contribution < 1.29 is 0 Å². The van der Waals surface area contributed by atoms with Gasteiger partial charge in [-0.15, -0.1) is 11.3 Å². The molecule has 0 unspecified atom stereocenters. The van der Waals surface area contributed by atoms with Gasteiger partial charge in [-0.25, -0.2) is 0 Å². The standard InChI is InChI=1S/C30H20BNS/c1-3-11-21(12-4-1)31-27-17-9-7-15-23(27)25-19-26-24-16-8-10-18-29(24)33-30(26)20-28(25)32(31)22-13-5-2-6-14-22/h1-20H. The van der Waals surface area contributed by atoms with Crippen molar-refractivity contribution in [3.8, 4) is 11.1 Å². The van der Waals surface area contributed by atoms with Crippen LogP contribution in [-0.2, 0) is 0 Å². The Morgan fingerprint density at radius 1 is 0.545 bits per heavy atom. The maximum absolute atomic E-state index is 2.52. The second-order valence-electron chi connectivity index (χ2n) is 8.57. The predicted molar refractivity (Wildman–Crippen MR) is 145 cm³/mol. The van der Waals surface area contributed by atoms with Gasteiger partial charge < -0.3 is 4.81 Å². The zero-order valence-corrected chi connectivity index (χ0v) is 18.8. The van der Waals surface area contributed by atoms with E-state index in [-0.39, 0.29) is 6.85 Å². The average Bonchev–Trinajstić information content (AvgIpc) is 3.25. The first-order chi connectivity index (χ1) is 16.4. The molecule has 1 aliphatic heterocycles. The molecule has 5 aromatic carbocycles. The van der Waals surface area contributed by atoms with E-state index < -0.39 is 0 Å². The summed E-state index contributed by atoms with van der Waals surface area (Å²) in [6, 6.07) is 44.2. The van der Waals surface area contributed by atoms with E-state index in [1.165, 1.54) is 53.6 Å². The number of fused-ring (bicyclic) bond motifs is 6. The summed E-state index contributed by atoms with van der Waals surface area (Å²) < 4.78 is 2.68. The van der Waals surface area contributed by atoms with Crippen LogP contribution in [0.5, 0.6) is 0 Å². The minimum Gasteiger partial charge on any atom is -0.376 e. The van der Waals surface area contributed by atoms with Gasteiger partial charge in [0.05, 0.1) is 0 Å².